The molecule has 17 heavy (non-hydrogen) atoms. The third kappa shape index (κ3) is 11.7. The van der Waals surface area contributed by atoms with Crippen molar-refractivity contribution in [1.29, 1.82) is 0 Å². The van der Waals surface area contributed by atoms with E-state index in [9.17, 15) is 0 Å². The molecule has 1 atom stereocenters. The van der Waals surface area contributed by atoms with Gasteiger partial charge in [0, 0.05) is 6.54 Å². The van der Waals surface area contributed by atoms with Gasteiger partial charge in [0.05, 0.1) is 0 Å². The second kappa shape index (κ2) is 13.5. The predicted octanol–water partition coefficient (Wildman–Crippen LogP) is 4.70. The van der Waals surface area contributed by atoms with E-state index >= 15 is 0 Å². The minimum absolute atomic E-state index is 0.865. The molecular weight excluding hydrogens is 206 g/mol. The zero-order chi connectivity index (χ0) is 12.8. The Morgan fingerprint density at radius 1 is 1.12 bits per heavy atom. The zero-order valence-electron chi connectivity index (χ0n) is 11.9. The lowest BCUT2D eigenvalue weighted by Crippen LogP contribution is -2.22. The first kappa shape index (κ1) is 16.4. The molecule has 0 aliphatic rings. The van der Waals surface area contributed by atoms with E-state index in [4.69, 9.17) is 0 Å². The highest BCUT2D eigenvalue weighted by atomic mass is 14.8. The molecule has 0 rings (SSSR count). The molecule has 1 nitrogen and oxygen atoms in total. The average Bonchev–Trinajstić information content (AvgIpc) is 2.36. The molecule has 1 N–H and O–H groups in total. The van der Waals surface area contributed by atoms with Gasteiger partial charge in [-0.2, -0.15) is 0 Å². The number of rotatable bonds is 12. The van der Waals surface area contributed by atoms with Gasteiger partial charge in [0.15, 0.2) is 0 Å². The zero-order valence-corrected chi connectivity index (χ0v) is 11.9. The van der Waals surface area contributed by atoms with Gasteiger partial charge in [0.1, 0.15) is 0 Å². The predicted molar refractivity (Wildman–Crippen MR) is 79.4 cm³/mol. The summed E-state index contributed by atoms with van der Waals surface area (Å²) < 4.78 is 0. The van der Waals surface area contributed by atoms with E-state index in [1.165, 1.54) is 45.1 Å². The topological polar surface area (TPSA) is 12.0 Å². The molecule has 0 amide bonds. The summed E-state index contributed by atoms with van der Waals surface area (Å²) in [7, 11) is 0. The van der Waals surface area contributed by atoms with E-state index in [-0.39, 0.29) is 0 Å². The van der Waals surface area contributed by atoms with E-state index in [0.717, 1.165) is 18.9 Å². The highest BCUT2D eigenvalue weighted by molar-refractivity contribution is 4.84. The smallest absolute Gasteiger partial charge is 0.0135 e. The average molecular weight is 237 g/mol. The van der Waals surface area contributed by atoms with Crippen LogP contribution in [0.4, 0.5) is 0 Å². The normalized spacial score (nSPS) is 13.1. The number of hydrogen-bond acceptors (Lipinski definition) is 1. The Balaban J connectivity index is 3.37. The quantitative estimate of drug-likeness (QED) is 0.383. The van der Waals surface area contributed by atoms with Gasteiger partial charge in [-0.1, -0.05) is 51.3 Å². The number of hydrogen-bond donors (Lipinski definition) is 1. The van der Waals surface area contributed by atoms with E-state index in [0.29, 0.717) is 0 Å². The van der Waals surface area contributed by atoms with Crippen LogP contribution in [0.1, 0.15) is 58.8 Å². The molecule has 1 unspecified atom stereocenters. The van der Waals surface area contributed by atoms with Gasteiger partial charge < -0.3 is 5.32 Å². The first-order valence-corrected chi connectivity index (χ1v) is 7.31. The largest absolute Gasteiger partial charge is 0.313 e. The van der Waals surface area contributed by atoms with Crippen LogP contribution >= 0.6 is 0 Å². The Morgan fingerprint density at radius 2 is 1.94 bits per heavy atom. The maximum atomic E-state index is 3.72. The molecule has 0 spiro atoms. The molecule has 100 valence electrons. The molecule has 0 aliphatic carbocycles. The molecule has 0 radical (unpaired) electrons. The lowest BCUT2D eigenvalue weighted by Gasteiger charge is -2.14. The Labute approximate surface area is 108 Å². The second-order valence-corrected chi connectivity index (χ2v) is 4.77. The van der Waals surface area contributed by atoms with Crippen LogP contribution in [0.3, 0.4) is 0 Å². The molecule has 0 aromatic rings. The van der Waals surface area contributed by atoms with Crippen LogP contribution in [0.15, 0.2) is 24.8 Å². The van der Waals surface area contributed by atoms with Crippen LogP contribution in [0.5, 0.6) is 0 Å². The number of unbranched alkanes of at least 4 members (excludes halogenated alkanes) is 3. The van der Waals surface area contributed by atoms with Crippen LogP contribution in [0.2, 0.25) is 0 Å². The second-order valence-electron chi connectivity index (χ2n) is 4.77. The van der Waals surface area contributed by atoms with Gasteiger partial charge in [-0.3, -0.25) is 0 Å². The van der Waals surface area contributed by atoms with Gasteiger partial charge in [0.25, 0.3) is 0 Å². The van der Waals surface area contributed by atoms with Crippen molar-refractivity contribution < 1.29 is 0 Å². The van der Waals surface area contributed by atoms with Crippen molar-refractivity contribution in [1.82, 2.24) is 5.32 Å². The van der Waals surface area contributed by atoms with Gasteiger partial charge >= 0.3 is 0 Å². The van der Waals surface area contributed by atoms with Crippen molar-refractivity contribution in [2.24, 2.45) is 5.92 Å². The molecular formula is C16H31N. The molecule has 0 aromatic heterocycles. The molecule has 0 aliphatic heterocycles. The number of allylic oxidation sites excluding steroid dienone is 2. The lowest BCUT2D eigenvalue weighted by atomic mass is 9.99. The molecule has 0 saturated heterocycles. The standard InChI is InChI=1S/C16H31N/c1-4-7-9-10-11-12-14-17-15-16(6-3)13-8-5-2/h4,11-12,16-17H,1,5-10,13-15H2,2-3H3. The fourth-order valence-corrected chi connectivity index (χ4v) is 1.90. The maximum absolute atomic E-state index is 3.72. The third-order valence-electron chi connectivity index (χ3n) is 3.18. The monoisotopic (exact) mass is 237 g/mol. The molecule has 0 bridgehead atoms. The molecule has 0 heterocycles. The first-order chi connectivity index (χ1) is 8.35. The van der Waals surface area contributed by atoms with Crippen molar-refractivity contribution in [3.63, 3.8) is 0 Å². The molecule has 0 fully saturated rings. The summed E-state index contributed by atoms with van der Waals surface area (Å²) >= 11 is 0. The Bertz CT molecular complexity index is 184. The summed E-state index contributed by atoms with van der Waals surface area (Å²) in [6, 6.07) is 0. The third-order valence-corrected chi connectivity index (χ3v) is 3.18. The fourth-order valence-electron chi connectivity index (χ4n) is 1.90. The summed E-state index contributed by atoms with van der Waals surface area (Å²) in [5.74, 6) is 0.865. The summed E-state index contributed by atoms with van der Waals surface area (Å²) in [6.45, 7) is 10.5. The van der Waals surface area contributed by atoms with E-state index < -0.39 is 0 Å². The molecule has 0 saturated carbocycles. The summed E-state index contributed by atoms with van der Waals surface area (Å²) in [5.41, 5.74) is 0. The number of nitrogens with one attached hydrogen (secondary N) is 1. The van der Waals surface area contributed by atoms with Gasteiger partial charge in [-0.25, -0.2) is 0 Å². The Morgan fingerprint density at radius 3 is 2.59 bits per heavy atom. The summed E-state index contributed by atoms with van der Waals surface area (Å²) in [6.07, 6.45) is 15.4. The minimum Gasteiger partial charge on any atom is -0.313 e. The van der Waals surface area contributed by atoms with Gasteiger partial charge in [-0.05, 0) is 38.1 Å². The lowest BCUT2D eigenvalue weighted by molar-refractivity contribution is 0.428. The Hall–Kier alpha value is -0.560. The van der Waals surface area contributed by atoms with Gasteiger partial charge in [-0.15, -0.1) is 6.58 Å². The van der Waals surface area contributed by atoms with Crippen LogP contribution in [-0.4, -0.2) is 13.1 Å². The summed E-state index contributed by atoms with van der Waals surface area (Å²) in [4.78, 5) is 0. The molecule has 0 aromatic carbocycles. The minimum atomic E-state index is 0.865. The van der Waals surface area contributed by atoms with E-state index in [1.807, 2.05) is 6.08 Å². The first-order valence-electron chi connectivity index (χ1n) is 7.31. The van der Waals surface area contributed by atoms with Gasteiger partial charge in [0.2, 0.25) is 0 Å². The van der Waals surface area contributed by atoms with Crippen LogP contribution < -0.4 is 5.32 Å². The maximum Gasteiger partial charge on any atom is 0.0135 e. The fraction of sp³-hybridized carbons (Fsp3) is 0.750. The SMILES string of the molecule is C=CCCCC=CCNCC(CC)CCCC. The van der Waals surface area contributed by atoms with Crippen LogP contribution in [-0.2, 0) is 0 Å². The highest BCUT2D eigenvalue weighted by Gasteiger charge is 2.03. The summed E-state index contributed by atoms with van der Waals surface area (Å²) in [5, 5.41) is 3.53. The van der Waals surface area contributed by atoms with Crippen molar-refractivity contribution in [2.45, 2.75) is 58.8 Å². The van der Waals surface area contributed by atoms with Crippen molar-refractivity contribution in [3.8, 4) is 0 Å². The van der Waals surface area contributed by atoms with Crippen LogP contribution in [0, 0.1) is 5.92 Å². The van der Waals surface area contributed by atoms with E-state index in [2.05, 4.69) is 37.9 Å². The van der Waals surface area contributed by atoms with E-state index in [1.54, 1.807) is 0 Å². The van der Waals surface area contributed by atoms with Crippen molar-refractivity contribution in [3.05, 3.63) is 24.8 Å². The Kier molecular flexibility index (Phi) is 13.1. The van der Waals surface area contributed by atoms with Crippen molar-refractivity contribution in [2.75, 3.05) is 13.1 Å². The molecule has 1 heteroatoms. The van der Waals surface area contributed by atoms with Crippen molar-refractivity contribution >= 4 is 0 Å². The highest BCUT2D eigenvalue weighted by Crippen LogP contribution is 2.10. The van der Waals surface area contributed by atoms with Crippen LogP contribution in [0.25, 0.3) is 0 Å².